The van der Waals surface area contributed by atoms with Crippen molar-refractivity contribution in [3.63, 3.8) is 0 Å². The van der Waals surface area contributed by atoms with Crippen LogP contribution in [0.25, 0.3) is 0 Å². The fourth-order valence-corrected chi connectivity index (χ4v) is 1.56. The number of carbonyl (C=O) groups is 1. The van der Waals surface area contributed by atoms with Gasteiger partial charge in [0.2, 0.25) is 0 Å². The largest absolute Gasteiger partial charge is 0.508 e. The third-order valence-corrected chi connectivity index (χ3v) is 2.37. The Morgan fingerprint density at radius 2 is 1.83 bits per heavy atom. The van der Waals surface area contributed by atoms with Gasteiger partial charge < -0.3 is 20.3 Å². The van der Waals surface area contributed by atoms with Gasteiger partial charge in [-0.1, -0.05) is 0 Å². The van der Waals surface area contributed by atoms with Crippen LogP contribution in [-0.4, -0.2) is 34.9 Å². The topological polar surface area (TPSA) is 78.8 Å². The van der Waals surface area contributed by atoms with Crippen molar-refractivity contribution in [2.45, 2.75) is 26.4 Å². The Balaban J connectivity index is 2.66. The lowest BCUT2D eigenvalue weighted by Gasteiger charge is -2.24. The third-order valence-electron chi connectivity index (χ3n) is 2.37. The smallest absolute Gasteiger partial charge is 0.251 e. The summed E-state index contributed by atoms with van der Waals surface area (Å²) in [5, 5.41) is 21.3. The first-order valence-electron chi connectivity index (χ1n) is 5.79. The summed E-state index contributed by atoms with van der Waals surface area (Å²) in [5.74, 6) is -0.664. The van der Waals surface area contributed by atoms with Crippen molar-refractivity contribution in [1.82, 2.24) is 5.32 Å². The number of nitrogens with one attached hydrogen (secondary N) is 1. The van der Waals surface area contributed by atoms with Gasteiger partial charge in [-0.05, 0) is 32.9 Å². The van der Waals surface area contributed by atoms with Gasteiger partial charge in [0, 0.05) is 24.8 Å². The maximum atomic E-state index is 11.8. The molecule has 0 aliphatic heterocycles. The van der Waals surface area contributed by atoms with E-state index in [1.54, 1.807) is 0 Å². The summed E-state index contributed by atoms with van der Waals surface area (Å²) in [7, 11) is 0. The van der Waals surface area contributed by atoms with Crippen LogP contribution in [0.4, 0.5) is 0 Å². The van der Waals surface area contributed by atoms with E-state index in [0.29, 0.717) is 13.2 Å². The lowest BCUT2D eigenvalue weighted by atomic mass is 10.1. The molecule has 0 saturated carbocycles. The zero-order valence-corrected chi connectivity index (χ0v) is 10.9. The van der Waals surface area contributed by atoms with Crippen LogP contribution in [0.5, 0.6) is 11.5 Å². The maximum Gasteiger partial charge on any atom is 0.251 e. The molecule has 0 fully saturated rings. The number of ether oxygens (including phenoxy) is 1. The number of rotatable bonds is 5. The quantitative estimate of drug-likeness (QED) is 0.745. The molecule has 0 aliphatic rings. The number of carbonyl (C=O) groups excluding carboxylic acids is 1. The fourth-order valence-electron chi connectivity index (χ4n) is 1.56. The molecule has 0 unspecified atom stereocenters. The number of phenolic OH excluding ortho intramolecular Hbond substituents is 2. The number of benzene rings is 1. The SMILES string of the molecule is CCOC(C)(C)CNC(=O)c1cc(O)cc(O)c1. The molecule has 0 radical (unpaired) electrons. The van der Waals surface area contributed by atoms with Crippen LogP contribution in [0.2, 0.25) is 0 Å². The number of amides is 1. The number of phenols is 2. The van der Waals surface area contributed by atoms with Gasteiger partial charge in [-0.25, -0.2) is 0 Å². The molecule has 0 saturated heterocycles. The van der Waals surface area contributed by atoms with Gasteiger partial charge in [-0.3, -0.25) is 4.79 Å². The average Bonchev–Trinajstić information content (AvgIpc) is 2.24. The summed E-state index contributed by atoms with van der Waals surface area (Å²) in [6.45, 7) is 6.54. The highest BCUT2D eigenvalue weighted by Gasteiger charge is 2.19. The second-order valence-corrected chi connectivity index (χ2v) is 4.61. The molecule has 0 atom stereocenters. The minimum Gasteiger partial charge on any atom is -0.508 e. The summed E-state index contributed by atoms with van der Waals surface area (Å²) in [6.07, 6.45) is 0. The van der Waals surface area contributed by atoms with E-state index in [9.17, 15) is 15.0 Å². The number of hydrogen-bond acceptors (Lipinski definition) is 4. The molecule has 0 spiro atoms. The monoisotopic (exact) mass is 253 g/mol. The molecule has 0 bridgehead atoms. The number of hydrogen-bond donors (Lipinski definition) is 3. The van der Waals surface area contributed by atoms with Gasteiger partial charge in [0.25, 0.3) is 5.91 Å². The van der Waals surface area contributed by atoms with Crippen LogP contribution < -0.4 is 5.32 Å². The van der Waals surface area contributed by atoms with Crippen molar-refractivity contribution in [2.75, 3.05) is 13.2 Å². The molecule has 5 nitrogen and oxygen atoms in total. The Hall–Kier alpha value is -1.75. The van der Waals surface area contributed by atoms with Crippen LogP contribution in [0.3, 0.4) is 0 Å². The maximum absolute atomic E-state index is 11.8. The normalized spacial score (nSPS) is 11.3. The molecule has 1 aromatic rings. The van der Waals surface area contributed by atoms with Crippen molar-refractivity contribution in [1.29, 1.82) is 0 Å². The molecule has 0 heterocycles. The highest BCUT2D eigenvalue weighted by molar-refractivity contribution is 5.95. The van der Waals surface area contributed by atoms with Crippen molar-refractivity contribution in [3.05, 3.63) is 23.8 Å². The van der Waals surface area contributed by atoms with Crippen LogP contribution in [0, 0.1) is 0 Å². The van der Waals surface area contributed by atoms with E-state index in [1.165, 1.54) is 18.2 Å². The van der Waals surface area contributed by atoms with Gasteiger partial charge in [0.1, 0.15) is 11.5 Å². The summed E-state index contributed by atoms with van der Waals surface area (Å²) >= 11 is 0. The minimum atomic E-state index is -0.455. The van der Waals surface area contributed by atoms with E-state index in [1.807, 2.05) is 20.8 Å². The molecule has 3 N–H and O–H groups in total. The van der Waals surface area contributed by atoms with Crippen LogP contribution in [0.1, 0.15) is 31.1 Å². The highest BCUT2D eigenvalue weighted by Crippen LogP contribution is 2.20. The van der Waals surface area contributed by atoms with E-state index in [4.69, 9.17) is 4.74 Å². The third kappa shape index (κ3) is 4.25. The van der Waals surface area contributed by atoms with E-state index in [-0.39, 0.29) is 23.0 Å². The second-order valence-electron chi connectivity index (χ2n) is 4.61. The van der Waals surface area contributed by atoms with Gasteiger partial charge in [0.15, 0.2) is 0 Å². The predicted octanol–water partition coefficient (Wildman–Crippen LogP) is 1.64. The molecule has 1 aromatic carbocycles. The first-order chi connectivity index (χ1) is 8.34. The van der Waals surface area contributed by atoms with E-state index in [0.717, 1.165) is 0 Å². The summed E-state index contributed by atoms with van der Waals surface area (Å²) in [6, 6.07) is 3.76. The first-order valence-corrected chi connectivity index (χ1v) is 5.79. The van der Waals surface area contributed by atoms with Crippen LogP contribution >= 0.6 is 0 Å². The molecule has 100 valence electrons. The Labute approximate surface area is 106 Å². The fraction of sp³-hybridized carbons (Fsp3) is 0.462. The van der Waals surface area contributed by atoms with Gasteiger partial charge in [-0.15, -0.1) is 0 Å². The zero-order chi connectivity index (χ0) is 13.8. The summed E-state index contributed by atoms with van der Waals surface area (Å²) < 4.78 is 5.45. The number of aromatic hydroxyl groups is 2. The Morgan fingerprint density at radius 3 is 2.33 bits per heavy atom. The second kappa shape index (κ2) is 5.73. The van der Waals surface area contributed by atoms with Gasteiger partial charge in [0.05, 0.1) is 5.60 Å². The zero-order valence-electron chi connectivity index (χ0n) is 10.9. The van der Waals surface area contributed by atoms with Gasteiger partial charge >= 0.3 is 0 Å². The molecule has 0 aliphatic carbocycles. The van der Waals surface area contributed by atoms with Gasteiger partial charge in [-0.2, -0.15) is 0 Å². The van der Waals surface area contributed by atoms with E-state index >= 15 is 0 Å². The first kappa shape index (κ1) is 14.3. The Bertz CT molecular complexity index is 409. The Kier molecular flexibility index (Phi) is 4.55. The predicted molar refractivity (Wildman–Crippen MR) is 67.8 cm³/mol. The molecule has 0 aromatic heterocycles. The van der Waals surface area contributed by atoms with Crippen molar-refractivity contribution in [2.24, 2.45) is 0 Å². The lowest BCUT2D eigenvalue weighted by Crippen LogP contribution is -2.40. The average molecular weight is 253 g/mol. The van der Waals surface area contributed by atoms with Crippen molar-refractivity contribution in [3.8, 4) is 11.5 Å². The van der Waals surface area contributed by atoms with Crippen molar-refractivity contribution < 1.29 is 19.7 Å². The highest BCUT2D eigenvalue weighted by atomic mass is 16.5. The molecule has 1 amide bonds. The lowest BCUT2D eigenvalue weighted by molar-refractivity contribution is -0.00815. The van der Waals surface area contributed by atoms with Crippen LogP contribution in [-0.2, 0) is 4.74 Å². The van der Waals surface area contributed by atoms with Crippen molar-refractivity contribution >= 4 is 5.91 Å². The molecular weight excluding hydrogens is 234 g/mol. The van der Waals surface area contributed by atoms with E-state index < -0.39 is 5.60 Å². The standard InChI is InChI=1S/C13H19NO4/c1-4-18-13(2,3)8-14-12(17)9-5-10(15)7-11(16)6-9/h5-7,15-16H,4,8H2,1-3H3,(H,14,17). The van der Waals surface area contributed by atoms with E-state index in [2.05, 4.69) is 5.32 Å². The molecule has 18 heavy (non-hydrogen) atoms. The minimum absolute atomic E-state index is 0.149. The van der Waals surface area contributed by atoms with Crippen LogP contribution in [0.15, 0.2) is 18.2 Å². The summed E-state index contributed by atoms with van der Waals surface area (Å²) in [5.41, 5.74) is -0.247. The summed E-state index contributed by atoms with van der Waals surface area (Å²) in [4.78, 5) is 11.8. The molecule has 1 rings (SSSR count). The molecular formula is C13H19NO4. The molecule has 5 heteroatoms. The Morgan fingerprint density at radius 1 is 1.28 bits per heavy atom.